The van der Waals surface area contributed by atoms with E-state index < -0.39 is 0 Å². The highest BCUT2D eigenvalue weighted by atomic mass is 16.5. The number of hydrogen-bond donors (Lipinski definition) is 0. The van der Waals surface area contributed by atoms with Crippen LogP contribution < -0.4 is 0 Å². The second-order valence-electron chi connectivity index (χ2n) is 4.56. The van der Waals surface area contributed by atoms with Crippen molar-refractivity contribution in [2.75, 3.05) is 0 Å². The van der Waals surface area contributed by atoms with Gasteiger partial charge in [0.05, 0.1) is 17.9 Å². The van der Waals surface area contributed by atoms with Crippen molar-refractivity contribution in [3.8, 4) is 6.07 Å². The lowest BCUT2D eigenvalue weighted by atomic mass is 10.1. The number of aryl methyl sites for hydroxylation is 1. The number of rotatable bonds is 4. The minimum absolute atomic E-state index is 0.100. The van der Waals surface area contributed by atoms with Gasteiger partial charge < -0.3 is 4.52 Å². The molecule has 0 amide bonds. The number of aromatic nitrogens is 2. The molecule has 4 heteroatoms. The molecule has 1 aliphatic rings. The van der Waals surface area contributed by atoms with Gasteiger partial charge in [-0.05, 0) is 18.8 Å². The zero-order valence-corrected chi connectivity index (χ0v) is 9.10. The van der Waals surface area contributed by atoms with Crippen LogP contribution in [-0.2, 0) is 6.42 Å². The first-order valence-corrected chi connectivity index (χ1v) is 5.42. The molecule has 0 N–H and O–H groups in total. The Morgan fingerprint density at radius 2 is 2.40 bits per heavy atom. The fraction of sp³-hybridized carbons (Fsp3) is 0.727. The Morgan fingerprint density at radius 1 is 1.60 bits per heavy atom. The Kier molecular flexibility index (Phi) is 2.72. The fourth-order valence-corrected chi connectivity index (χ4v) is 1.55. The number of hydrogen-bond acceptors (Lipinski definition) is 4. The van der Waals surface area contributed by atoms with Crippen molar-refractivity contribution in [3.63, 3.8) is 0 Å². The first-order chi connectivity index (χ1) is 7.20. The molecule has 0 saturated heterocycles. The lowest BCUT2D eigenvalue weighted by molar-refractivity contribution is 0.371. The first-order valence-electron chi connectivity index (χ1n) is 5.42. The summed E-state index contributed by atoms with van der Waals surface area (Å²) in [4.78, 5) is 4.31. The van der Waals surface area contributed by atoms with Crippen molar-refractivity contribution < 1.29 is 4.52 Å². The lowest BCUT2D eigenvalue weighted by Gasteiger charge is -1.98. The van der Waals surface area contributed by atoms with Gasteiger partial charge in [-0.1, -0.05) is 19.0 Å². The molecule has 0 aliphatic heterocycles. The minimum Gasteiger partial charge on any atom is -0.339 e. The van der Waals surface area contributed by atoms with E-state index in [1.165, 1.54) is 0 Å². The van der Waals surface area contributed by atoms with Gasteiger partial charge in [0, 0.05) is 6.42 Å². The average molecular weight is 205 g/mol. The van der Waals surface area contributed by atoms with Crippen LogP contribution in [0.2, 0.25) is 0 Å². The van der Waals surface area contributed by atoms with Crippen LogP contribution in [0.25, 0.3) is 0 Å². The van der Waals surface area contributed by atoms with Gasteiger partial charge >= 0.3 is 0 Å². The van der Waals surface area contributed by atoms with E-state index in [1.54, 1.807) is 0 Å². The van der Waals surface area contributed by atoms with E-state index in [4.69, 9.17) is 9.78 Å². The molecule has 0 spiro atoms. The van der Waals surface area contributed by atoms with Gasteiger partial charge in [0.1, 0.15) is 0 Å². The van der Waals surface area contributed by atoms with E-state index in [0.717, 1.165) is 25.1 Å². The van der Waals surface area contributed by atoms with Gasteiger partial charge in [-0.2, -0.15) is 10.2 Å². The molecular weight excluding hydrogens is 190 g/mol. The molecule has 15 heavy (non-hydrogen) atoms. The van der Waals surface area contributed by atoms with Crippen LogP contribution in [0.15, 0.2) is 4.52 Å². The van der Waals surface area contributed by atoms with Crippen LogP contribution in [0.3, 0.4) is 0 Å². The molecule has 1 heterocycles. The van der Waals surface area contributed by atoms with Gasteiger partial charge in [-0.15, -0.1) is 0 Å². The molecule has 4 nitrogen and oxygen atoms in total. The summed E-state index contributed by atoms with van der Waals surface area (Å²) >= 11 is 0. The zero-order chi connectivity index (χ0) is 10.8. The third-order valence-electron chi connectivity index (χ3n) is 2.70. The maximum absolute atomic E-state index is 8.68. The van der Waals surface area contributed by atoms with Crippen molar-refractivity contribution in [2.45, 2.75) is 39.0 Å². The summed E-state index contributed by atoms with van der Waals surface area (Å²) in [6.07, 6.45) is 2.82. The van der Waals surface area contributed by atoms with Crippen LogP contribution in [0.5, 0.6) is 0 Å². The molecule has 0 radical (unpaired) electrons. The molecule has 80 valence electrons. The Balaban J connectivity index is 1.91. The second-order valence-corrected chi connectivity index (χ2v) is 4.56. The largest absolute Gasteiger partial charge is 0.339 e. The molecule has 2 rings (SSSR count). The first kappa shape index (κ1) is 10.2. The maximum atomic E-state index is 8.68. The van der Waals surface area contributed by atoms with Crippen molar-refractivity contribution in [2.24, 2.45) is 11.8 Å². The topological polar surface area (TPSA) is 62.7 Å². The Morgan fingerprint density at radius 3 is 3.00 bits per heavy atom. The second kappa shape index (κ2) is 4.01. The van der Waals surface area contributed by atoms with Gasteiger partial charge in [-0.25, -0.2) is 0 Å². The molecule has 0 bridgehead atoms. The quantitative estimate of drug-likeness (QED) is 0.756. The molecule has 1 aromatic rings. The molecule has 1 aliphatic carbocycles. The van der Waals surface area contributed by atoms with E-state index in [1.807, 2.05) is 0 Å². The molecule has 2 atom stereocenters. The Labute approximate surface area is 89.3 Å². The third kappa shape index (κ3) is 2.35. The summed E-state index contributed by atoms with van der Waals surface area (Å²) < 4.78 is 5.14. The summed E-state index contributed by atoms with van der Waals surface area (Å²) in [5.74, 6) is 2.39. The van der Waals surface area contributed by atoms with Gasteiger partial charge in [0.15, 0.2) is 5.82 Å². The highest BCUT2D eigenvalue weighted by molar-refractivity contribution is 5.15. The monoisotopic (exact) mass is 205 g/mol. The molecule has 2 unspecified atom stereocenters. The molecule has 1 aromatic heterocycles. The Bertz CT molecular complexity index is 377. The summed E-state index contributed by atoms with van der Waals surface area (Å²) in [5, 5.41) is 12.6. The van der Waals surface area contributed by atoms with Crippen molar-refractivity contribution in [1.82, 2.24) is 10.1 Å². The van der Waals surface area contributed by atoms with Crippen LogP contribution in [0, 0.1) is 23.2 Å². The normalized spacial score (nSPS) is 24.1. The standard InChI is InChI=1S/C11H15N3O/c1-7(2)3-4-10-13-11(15-14-10)9-5-8(9)6-12/h7-9H,3-5H2,1-2H3. The average Bonchev–Trinajstić information content (AvgIpc) is 2.86. The van der Waals surface area contributed by atoms with E-state index in [-0.39, 0.29) is 11.8 Å². The number of nitriles is 1. The molecule has 0 aromatic carbocycles. The molecule has 1 fully saturated rings. The summed E-state index contributed by atoms with van der Waals surface area (Å²) in [7, 11) is 0. The zero-order valence-electron chi connectivity index (χ0n) is 9.10. The van der Waals surface area contributed by atoms with Crippen LogP contribution in [0.4, 0.5) is 0 Å². The highest BCUT2D eigenvalue weighted by Crippen LogP contribution is 2.45. The highest BCUT2D eigenvalue weighted by Gasteiger charge is 2.43. The van der Waals surface area contributed by atoms with Crippen molar-refractivity contribution >= 4 is 0 Å². The molecular formula is C11H15N3O. The van der Waals surface area contributed by atoms with Crippen LogP contribution in [0.1, 0.15) is 44.3 Å². The fourth-order valence-electron chi connectivity index (χ4n) is 1.55. The summed E-state index contributed by atoms with van der Waals surface area (Å²) in [6, 6.07) is 2.22. The molecule has 1 saturated carbocycles. The van der Waals surface area contributed by atoms with Gasteiger partial charge in [-0.3, -0.25) is 0 Å². The SMILES string of the molecule is CC(C)CCc1noc(C2CC2C#N)n1. The lowest BCUT2D eigenvalue weighted by Crippen LogP contribution is -1.94. The Hall–Kier alpha value is -1.37. The number of nitrogens with zero attached hydrogens (tertiary/aromatic N) is 3. The van der Waals surface area contributed by atoms with E-state index in [0.29, 0.717) is 11.8 Å². The smallest absolute Gasteiger partial charge is 0.231 e. The van der Waals surface area contributed by atoms with Gasteiger partial charge in [0.25, 0.3) is 0 Å². The van der Waals surface area contributed by atoms with Crippen LogP contribution in [-0.4, -0.2) is 10.1 Å². The van der Waals surface area contributed by atoms with Gasteiger partial charge in [0.2, 0.25) is 5.89 Å². The van der Waals surface area contributed by atoms with Crippen LogP contribution >= 0.6 is 0 Å². The third-order valence-corrected chi connectivity index (χ3v) is 2.70. The van der Waals surface area contributed by atoms with Crippen molar-refractivity contribution in [1.29, 1.82) is 5.26 Å². The minimum atomic E-state index is 0.100. The maximum Gasteiger partial charge on any atom is 0.231 e. The van der Waals surface area contributed by atoms with E-state index >= 15 is 0 Å². The van der Waals surface area contributed by atoms with E-state index in [9.17, 15) is 0 Å². The van der Waals surface area contributed by atoms with Crippen molar-refractivity contribution in [3.05, 3.63) is 11.7 Å². The van der Waals surface area contributed by atoms with E-state index in [2.05, 4.69) is 30.1 Å². The summed E-state index contributed by atoms with van der Waals surface area (Å²) in [6.45, 7) is 4.35. The predicted octanol–water partition coefficient (Wildman–Crippen LogP) is 2.29. The summed E-state index contributed by atoms with van der Waals surface area (Å²) in [5.41, 5.74) is 0. The predicted molar refractivity (Wildman–Crippen MR) is 53.9 cm³/mol.